The Bertz CT molecular complexity index is 413. The molecule has 1 saturated carbocycles. The molecule has 3 N–H and O–H groups in total. The molecule has 0 radical (unpaired) electrons. The van der Waals surface area contributed by atoms with Gasteiger partial charge in [-0.05, 0) is 31.6 Å². The van der Waals surface area contributed by atoms with E-state index in [1.165, 1.54) is 32.1 Å². The van der Waals surface area contributed by atoms with E-state index in [9.17, 15) is 9.59 Å². The van der Waals surface area contributed by atoms with E-state index in [-0.39, 0.29) is 36.1 Å². The molecule has 2 amide bonds. The van der Waals surface area contributed by atoms with Crippen molar-refractivity contribution in [1.82, 2.24) is 10.2 Å². The van der Waals surface area contributed by atoms with E-state index >= 15 is 0 Å². The van der Waals surface area contributed by atoms with Crippen LogP contribution < -0.4 is 11.1 Å². The monoisotopic (exact) mass is 373 g/mol. The molecule has 2 rings (SSSR count). The highest BCUT2D eigenvalue weighted by Gasteiger charge is 2.32. The molecule has 2 unspecified atom stereocenters. The van der Waals surface area contributed by atoms with Crippen LogP contribution in [0, 0.1) is 17.8 Å². The summed E-state index contributed by atoms with van der Waals surface area (Å²) in [6.45, 7) is 4.49. The van der Waals surface area contributed by atoms with Crippen LogP contribution in [0.1, 0.15) is 64.7 Å². The van der Waals surface area contributed by atoms with E-state index in [0.29, 0.717) is 19.6 Å². The van der Waals surface area contributed by atoms with Gasteiger partial charge in [0.1, 0.15) is 0 Å². The van der Waals surface area contributed by atoms with E-state index in [2.05, 4.69) is 12.2 Å². The predicted octanol–water partition coefficient (Wildman–Crippen LogP) is 2.72. The molecule has 0 bridgehead atoms. The number of rotatable bonds is 7. The van der Waals surface area contributed by atoms with E-state index in [0.717, 1.165) is 38.1 Å². The summed E-state index contributed by atoms with van der Waals surface area (Å²) in [6.07, 6.45) is 10.3. The van der Waals surface area contributed by atoms with Gasteiger partial charge in [0.15, 0.2) is 0 Å². The third kappa shape index (κ3) is 6.78. The van der Waals surface area contributed by atoms with Gasteiger partial charge < -0.3 is 16.0 Å². The number of halogens is 1. The third-order valence-corrected chi connectivity index (χ3v) is 5.73. The summed E-state index contributed by atoms with van der Waals surface area (Å²) in [5, 5.41) is 2.87. The van der Waals surface area contributed by atoms with Gasteiger partial charge >= 0.3 is 0 Å². The predicted molar refractivity (Wildman–Crippen MR) is 104 cm³/mol. The van der Waals surface area contributed by atoms with E-state index in [1.807, 2.05) is 4.90 Å². The number of carbonyl (C=O) groups is 2. The molecular formula is C19H36ClN3O2. The summed E-state index contributed by atoms with van der Waals surface area (Å²) in [7, 11) is 0. The first-order chi connectivity index (χ1) is 11.7. The zero-order valence-electron chi connectivity index (χ0n) is 15.7. The first kappa shape index (κ1) is 22.2. The van der Waals surface area contributed by atoms with Crippen molar-refractivity contribution in [3.63, 3.8) is 0 Å². The van der Waals surface area contributed by atoms with Gasteiger partial charge in [0.05, 0.1) is 5.92 Å². The Morgan fingerprint density at radius 3 is 2.52 bits per heavy atom. The maximum absolute atomic E-state index is 13.0. The third-order valence-electron chi connectivity index (χ3n) is 5.73. The molecule has 1 heterocycles. The van der Waals surface area contributed by atoms with Crippen molar-refractivity contribution in [2.45, 2.75) is 64.7 Å². The van der Waals surface area contributed by atoms with Gasteiger partial charge in [-0.3, -0.25) is 9.59 Å². The minimum atomic E-state index is -0.0681. The van der Waals surface area contributed by atoms with Gasteiger partial charge in [0, 0.05) is 32.1 Å². The lowest BCUT2D eigenvalue weighted by molar-refractivity contribution is -0.140. The number of piperidine rings is 1. The average molecular weight is 374 g/mol. The van der Waals surface area contributed by atoms with Crippen molar-refractivity contribution in [3.05, 3.63) is 0 Å². The topological polar surface area (TPSA) is 75.4 Å². The number of nitrogens with zero attached hydrogens (tertiary/aromatic N) is 1. The van der Waals surface area contributed by atoms with Crippen LogP contribution >= 0.6 is 12.4 Å². The summed E-state index contributed by atoms with van der Waals surface area (Å²) in [6, 6.07) is 0. The van der Waals surface area contributed by atoms with Crippen LogP contribution in [0.5, 0.6) is 0 Å². The summed E-state index contributed by atoms with van der Waals surface area (Å²) < 4.78 is 0. The maximum Gasteiger partial charge on any atom is 0.225 e. The van der Waals surface area contributed by atoms with E-state index in [1.54, 1.807) is 0 Å². The highest BCUT2D eigenvalue weighted by atomic mass is 35.5. The number of nitrogens with one attached hydrogen (secondary N) is 1. The fraction of sp³-hybridized carbons (Fsp3) is 0.895. The second-order valence-corrected chi connectivity index (χ2v) is 7.55. The minimum Gasteiger partial charge on any atom is -0.355 e. The van der Waals surface area contributed by atoms with Crippen LogP contribution in [0.3, 0.4) is 0 Å². The highest BCUT2D eigenvalue weighted by Crippen LogP contribution is 2.31. The van der Waals surface area contributed by atoms with Crippen LogP contribution in [-0.2, 0) is 9.59 Å². The molecule has 1 aliphatic heterocycles. The molecule has 0 aromatic rings. The molecule has 2 fully saturated rings. The number of hydrogen-bond acceptors (Lipinski definition) is 3. The van der Waals surface area contributed by atoms with Crippen molar-refractivity contribution < 1.29 is 9.59 Å². The van der Waals surface area contributed by atoms with Crippen molar-refractivity contribution in [2.24, 2.45) is 23.5 Å². The second-order valence-electron chi connectivity index (χ2n) is 7.55. The molecule has 1 aliphatic carbocycles. The lowest BCUT2D eigenvalue weighted by Crippen LogP contribution is -2.48. The fourth-order valence-corrected chi connectivity index (χ4v) is 4.26. The van der Waals surface area contributed by atoms with Crippen LogP contribution in [0.25, 0.3) is 0 Å². The molecule has 1 saturated heterocycles. The van der Waals surface area contributed by atoms with Crippen LogP contribution in [0.4, 0.5) is 0 Å². The number of nitrogens with two attached hydrogens (primary N) is 1. The fourth-order valence-electron chi connectivity index (χ4n) is 4.26. The maximum atomic E-state index is 13.0. The Morgan fingerprint density at radius 2 is 1.88 bits per heavy atom. The molecule has 0 spiro atoms. The van der Waals surface area contributed by atoms with Crippen LogP contribution in [0.15, 0.2) is 0 Å². The average Bonchev–Trinajstić information content (AvgIpc) is 2.64. The summed E-state index contributed by atoms with van der Waals surface area (Å²) in [4.78, 5) is 27.1. The zero-order chi connectivity index (χ0) is 17.4. The normalized spacial score (nSPS) is 22.8. The van der Waals surface area contributed by atoms with E-state index in [4.69, 9.17) is 5.73 Å². The number of amides is 2. The summed E-state index contributed by atoms with van der Waals surface area (Å²) in [5.74, 6) is 1.12. The van der Waals surface area contributed by atoms with Crippen molar-refractivity contribution in [3.8, 4) is 0 Å². The van der Waals surface area contributed by atoms with Crippen LogP contribution in [0.2, 0.25) is 0 Å². The van der Waals surface area contributed by atoms with Crippen LogP contribution in [-0.4, -0.2) is 42.9 Å². The molecule has 5 nitrogen and oxygen atoms in total. The SMILES string of the molecule is CCC(CC1CCCCC1)C(=O)N1CCCC(C(=O)NCCN)C1.Cl. The number of carbonyl (C=O) groups excluding carboxylic acids is 2. The Kier molecular flexibility index (Phi) is 10.4. The molecule has 25 heavy (non-hydrogen) atoms. The molecule has 0 aromatic heterocycles. The summed E-state index contributed by atoms with van der Waals surface area (Å²) in [5.41, 5.74) is 5.45. The number of hydrogen-bond donors (Lipinski definition) is 2. The largest absolute Gasteiger partial charge is 0.355 e. The van der Waals surface area contributed by atoms with Crippen molar-refractivity contribution in [1.29, 1.82) is 0 Å². The first-order valence-electron chi connectivity index (χ1n) is 9.92. The standard InChI is InChI=1S/C19H35N3O2.ClH/c1-2-16(13-15-7-4-3-5-8-15)19(24)22-12-6-9-17(14-22)18(23)21-11-10-20;/h15-17H,2-14,20H2,1H3,(H,21,23);1H. The van der Waals surface area contributed by atoms with Gasteiger partial charge in [-0.1, -0.05) is 39.0 Å². The molecule has 146 valence electrons. The summed E-state index contributed by atoms with van der Waals surface area (Å²) >= 11 is 0. The Labute approximate surface area is 158 Å². The van der Waals surface area contributed by atoms with Gasteiger partial charge in [0.2, 0.25) is 11.8 Å². The number of likely N-dealkylation sites (tertiary alicyclic amines) is 1. The molecule has 2 atom stereocenters. The highest BCUT2D eigenvalue weighted by molar-refractivity contribution is 5.85. The minimum absolute atomic E-state index is 0. The first-order valence-corrected chi connectivity index (χ1v) is 9.92. The van der Waals surface area contributed by atoms with E-state index < -0.39 is 0 Å². The van der Waals surface area contributed by atoms with Crippen molar-refractivity contribution in [2.75, 3.05) is 26.2 Å². The van der Waals surface area contributed by atoms with Gasteiger partial charge in [0.25, 0.3) is 0 Å². The van der Waals surface area contributed by atoms with Gasteiger partial charge in [-0.15, -0.1) is 12.4 Å². The Balaban J connectivity index is 0.00000312. The van der Waals surface area contributed by atoms with Gasteiger partial charge in [-0.25, -0.2) is 0 Å². The Morgan fingerprint density at radius 1 is 1.16 bits per heavy atom. The zero-order valence-corrected chi connectivity index (χ0v) is 16.5. The second kappa shape index (κ2) is 11.7. The quantitative estimate of drug-likeness (QED) is 0.720. The molecule has 2 aliphatic rings. The lowest BCUT2D eigenvalue weighted by Gasteiger charge is -2.35. The lowest BCUT2D eigenvalue weighted by atomic mass is 9.81. The van der Waals surface area contributed by atoms with Crippen molar-refractivity contribution >= 4 is 24.2 Å². The molecule has 6 heteroatoms. The Hall–Kier alpha value is -0.810. The smallest absolute Gasteiger partial charge is 0.225 e. The molecular weight excluding hydrogens is 338 g/mol. The molecule has 0 aromatic carbocycles. The van der Waals surface area contributed by atoms with Gasteiger partial charge in [-0.2, -0.15) is 0 Å².